The molecule has 8 nitrogen and oxygen atoms in total. The van der Waals surface area contributed by atoms with Crippen LogP contribution < -0.4 is 14.2 Å². The van der Waals surface area contributed by atoms with Crippen molar-refractivity contribution in [2.45, 2.75) is 56.5 Å². The van der Waals surface area contributed by atoms with Crippen molar-refractivity contribution >= 4 is 27.6 Å². The van der Waals surface area contributed by atoms with E-state index in [0.717, 1.165) is 37.7 Å². The van der Waals surface area contributed by atoms with Gasteiger partial charge in [0.15, 0.2) is 11.5 Å². The molecule has 0 aliphatic heterocycles. The number of ether oxygens (including phenoxy) is 1. The fraction of sp³-hybridized carbons (Fsp3) is 0.417. The quantitative estimate of drug-likeness (QED) is 0.558. The molecule has 9 heteroatoms. The lowest BCUT2D eigenvalue weighted by Crippen LogP contribution is -2.39. The zero-order valence-electron chi connectivity index (χ0n) is 18.7. The number of nitrogens with zero attached hydrogens (tertiary/aromatic N) is 1. The van der Waals surface area contributed by atoms with Crippen molar-refractivity contribution in [3.05, 3.63) is 48.0 Å². The van der Waals surface area contributed by atoms with Crippen LogP contribution in [0, 0.1) is 5.92 Å². The molecular weight excluding hydrogens is 444 g/mol. The first-order valence-electron chi connectivity index (χ1n) is 11.1. The van der Waals surface area contributed by atoms with Crippen molar-refractivity contribution in [3.8, 4) is 11.5 Å². The van der Waals surface area contributed by atoms with E-state index in [4.69, 9.17) is 8.92 Å². The maximum absolute atomic E-state index is 12.9. The minimum atomic E-state index is -4.14. The first-order valence-corrected chi connectivity index (χ1v) is 12.5. The van der Waals surface area contributed by atoms with E-state index in [9.17, 15) is 18.0 Å². The molecule has 0 saturated heterocycles. The largest absolute Gasteiger partial charge is 0.493 e. The predicted molar refractivity (Wildman–Crippen MR) is 122 cm³/mol. The maximum atomic E-state index is 12.9. The summed E-state index contributed by atoms with van der Waals surface area (Å²) in [5.41, 5.74) is 1.26. The van der Waals surface area contributed by atoms with Gasteiger partial charge in [0, 0.05) is 31.1 Å². The van der Waals surface area contributed by atoms with Gasteiger partial charge in [-0.15, -0.1) is 0 Å². The van der Waals surface area contributed by atoms with Crippen molar-refractivity contribution in [2.75, 3.05) is 12.4 Å². The number of hydrogen-bond donors (Lipinski definition) is 1. The number of hydrogen-bond acceptors (Lipinski definition) is 6. The number of nitrogens with one attached hydrogen (secondary N) is 1. The summed E-state index contributed by atoms with van der Waals surface area (Å²) in [5.74, 6) is 0.391. The number of amides is 2. The van der Waals surface area contributed by atoms with Gasteiger partial charge in [-0.25, -0.2) is 0 Å². The normalized spacial score (nSPS) is 15.9. The lowest BCUT2D eigenvalue weighted by Gasteiger charge is -2.32. The summed E-state index contributed by atoms with van der Waals surface area (Å²) in [4.78, 5) is 25.9. The molecule has 33 heavy (non-hydrogen) atoms. The third kappa shape index (κ3) is 5.47. The van der Waals surface area contributed by atoms with Crippen molar-refractivity contribution in [3.63, 3.8) is 0 Å². The lowest BCUT2D eigenvalue weighted by atomic mass is 9.84. The monoisotopic (exact) mass is 472 g/mol. The Morgan fingerprint density at radius 2 is 1.73 bits per heavy atom. The molecule has 4 rings (SSSR count). The molecule has 0 atom stereocenters. The van der Waals surface area contributed by atoms with Crippen LogP contribution >= 0.6 is 0 Å². The summed E-state index contributed by atoms with van der Waals surface area (Å²) >= 11 is 0. The fourth-order valence-electron chi connectivity index (χ4n) is 3.82. The molecule has 0 bridgehead atoms. The minimum absolute atomic E-state index is 0.0520. The Balaban J connectivity index is 1.53. The smallest absolute Gasteiger partial charge is 0.339 e. The van der Waals surface area contributed by atoms with Crippen LogP contribution in [0.5, 0.6) is 11.5 Å². The predicted octanol–water partition coefficient (Wildman–Crippen LogP) is 3.71. The molecule has 2 fully saturated rings. The van der Waals surface area contributed by atoms with Gasteiger partial charge in [-0.1, -0.05) is 12.5 Å². The van der Waals surface area contributed by atoms with E-state index in [1.807, 2.05) is 11.0 Å². The average molecular weight is 473 g/mol. The van der Waals surface area contributed by atoms with Gasteiger partial charge >= 0.3 is 10.1 Å². The number of carbonyl (C=O) groups excluding carboxylic acids is 2. The zero-order valence-corrected chi connectivity index (χ0v) is 19.6. The molecule has 2 aromatic rings. The van der Waals surface area contributed by atoms with Crippen LogP contribution in [0.1, 0.15) is 44.6 Å². The van der Waals surface area contributed by atoms with Gasteiger partial charge in [0.2, 0.25) is 11.8 Å². The number of benzene rings is 2. The summed E-state index contributed by atoms with van der Waals surface area (Å²) < 4.78 is 36.5. The Hall–Kier alpha value is -3.07. The molecule has 0 heterocycles. The number of methoxy groups -OCH3 is 1. The Labute approximate surface area is 194 Å². The summed E-state index contributed by atoms with van der Waals surface area (Å²) in [6, 6.07) is 11.1. The molecule has 2 aliphatic rings. The summed E-state index contributed by atoms with van der Waals surface area (Å²) in [7, 11) is -2.70. The first kappa shape index (κ1) is 23.1. The second-order valence-corrected chi connectivity index (χ2v) is 10.1. The molecule has 2 aromatic carbocycles. The highest BCUT2D eigenvalue weighted by molar-refractivity contribution is 7.87. The molecule has 2 amide bonds. The van der Waals surface area contributed by atoms with E-state index in [1.165, 1.54) is 38.3 Å². The topological polar surface area (TPSA) is 102 Å². The van der Waals surface area contributed by atoms with Gasteiger partial charge in [-0.2, -0.15) is 8.42 Å². The SMILES string of the molecule is COc1ccc(CN(C(=O)C2CCC2)C2CC2)cc1OS(=O)(=O)c1ccc(NC(C)=O)cc1. The van der Waals surface area contributed by atoms with Crippen LogP contribution in [0.25, 0.3) is 0 Å². The third-order valence-electron chi connectivity index (χ3n) is 5.97. The van der Waals surface area contributed by atoms with Gasteiger partial charge in [-0.05, 0) is 67.6 Å². The Morgan fingerprint density at radius 1 is 1.03 bits per heavy atom. The van der Waals surface area contributed by atoms with E-state index >= 15 is 0 Å². The van der Waals surface area contributed by atoms with Crippen LogP contribution in [0.4, 0.5) is 5.69 Å². The minimum Gasteiger partial charge on any atom is -0.493 e. The Morgan fingerprint density at radius 3 is 2.27 bits per heavy atom. The van der Waals surface area contributed by atoms with Crippen molar-refractivity contribution in [2.24, 2.45) is 5.92 Å². The molecule has 0 aromatic heterocycles. The van der Waals surface area contributed by atoms with E-state index in [2.05, 4.69) is 5.32 Å². The average Bonchev–Trinajstić information content (AvgIpc) is 3.55. The highest BCUT2D eigenvalue weighted by Crippen LogP contribution is 2.36. The first-order chi connectivity index (χ1) is 15.8. The number of anilines is 1. The van der Waals surface area contributed by atoms with Gasteiger partial charge in [0.05, 0.1) is 7.11 Å². The van der Waals surface area contributed by atoms with E-state index in [1.54, 1.807) is 12.1 Å². The molecule has 0 radical (unpaired) electrons. The maximum Gasteiger partial charge on any atom is 0.339 e. The van der Waals surface area contributed by atoms with E-state index in [0.29, 0.717) is 12.2 Å². The second kappa shape index (κ2) is 9.43. The molecular formula is C24H28N2O6S. The van der Waals surface area contributed by atoms with E-state index in [-0.39, 0.29) is 40.2 Å². The Kier molecular flexibility index (Phi) is 6.60. The highest BCUT2D eigenvalue weighted by atomic mass is 32.2. The lowest BCUT2D eigenvalue weighted by molar-refractivity contribution is -0.139. The van der Waals surface area contributed by atoms with Crippen molar-refractivity contribution in [1.29, 1.82) is 0 Å². The number of rotatable bonds is 9. The van der Waals surface area contributed by atoms with Gasteiger partial charge in [-0.3, -0.25) is 9.59 Å². The zero-order chi connectivity index (χ0) is 23.6. The molecule has 2 saturated carbocycles. The summed E-state index contributed by atoms with van der Waals surface area (Å²) in [5, 5.41) is 2.59. The van der Waals surface area contributed by atoms with Crippen LogP contribution in [0.2, 0.25) is 0 Å². The molecule has 1 N–H and O–H groups in total. The van der Waals surface area contributed by atoms with Crippen molar-refractivity contribution < 1.29 is 26.9 Å². The molecule has 0 unspecified atom stereocenters. The van der Waals surface area contributed by atoms with Crippen LogP contribution in [0.15, 0.2) is 47.4 Å². The molecule has 0 spiro atoms. The van der Waals surface area contributed by atoms with Crippen LogP contribution in [-0.4, -0.2) is 38.3 Å². The molecule has 2 aliphatic carbocycles. The fourth-order valence-corrected chi connectivity index (χ4v) is 4.75. The highest BCUT2D eigenvalue weighted by Gasteiger charge is 2.37. The van der Waals surface area contributed by atoms with Gasteiger partial charge in [0.25, 0.3) is 0 Å². The van der Waals surface area contributed by atoms with Crippen molar-refractivity contribution in [1.82, 2.24) is 4.90 Å². The third-order valence-corrected chi connectivity index (χ3v) is 7.22. The van der Waals surface area contributed by atoms with Gasteiger partial charge < -0.3 is 19.1 Å². The number of carbonyl (C=O) groups is 2. The van der Waals surface area contributed by atoms with Gasteiger partial charge in [0.1, 0.15) is 4.90 Å². The summed E-state index contributed by atoms with van der Waals surface area (Å²) in [6.45, 7) is 1.78. The standard InChI is InChI=1S/C24H28N2O6S/c1-16(27)25-19-7-11-21(12-8-19)33(29,30)32-23-14-17(6-13-22(23)31-2)15-26(20-9-10-20)24(28)18-4-3-5-18/h6-8,11-14,18,20H,3-5,9-10,15H2,1-2H3,(H,25,27). The molecule has 176 valence electrons. The van der Waals surface area contributed by atoms with Crippen LogP contribution in [-0.2, 0) is 26.3 Å². The summed E-state index contributed by atoms with van der Waals surface area (Å²) in [6.07, 6.45) is 4.98. The van der Waals surface area contributed by atoms with E-state index < -0.39 is 10.1 Å². The second-order valence-electron chi connectivity index (χ2n) is 8.55. The van der Waals surface area contributed by atoms with Crippen LogP contribution in [0.3, 0.4) is 0 Å². The Bertz CT molecular complexity index is 1140.